The molecular weight excluding hydrogens is 891 g/mol. The molecule has 3 rings (SSSR count). The summed E-state index contributed by atoms with van der Waals surface area (Å²) < 4.78 is 0. The molecule has 14 nitrogen and oxygen atoms in total. The summed E-state index contributed by atoms with van der Waals surface area (Å²) in [6, 6.07) is 15.0. The van der Waals surface area contributed by atoms with Gasteiger partial charge in [-0.05, 0) is 126 Å². The van der Waals surface area contributed by atoms with Gasteiger partial charge in [-0.2, -0.15) is 0 Å². The van der Waals surface area contributed by atoms with Crippen LogP contribution in [0.5, 0.6) is 0 Å². The number of rotatable bonds is 37. The van der Waals surface area contributed by atoms with Gasteiger partial charge in [0.1, 0.15) is 0 Å². The fraction of sp³-hybridized carbons (Fsp3) is 0.646. The first-order chi connectivity index (χ1) is 30.2. The number of hydroxylamine groups is 1. The molecule has 2 atom stereocenters. The summed E-state index contributed by atoms with van der Waals surface area (Å²) in [6.45, 7) is 5.55. The van der Waals surface area contributed by atoms with Crippen LogP contribution in [0.4, 0.5) is 11.4 Å². The van der Waals surface area contributed by atoms with Gasteiger partial charge < -0.3 is 37.6 Å². The monoisotopic (exact) mass is 971 g/mol. The van der Waals surface area contributed by atoms with Gasteiger partial charge in [0.25, 0.3) is 5.91 Å². The van der Waals surface area contributed by atoms with Crippen molar-refractivity contribution in [2.75, 3.05) is 49.9 Å². The van der Waals surface area contributed by atoms with Crippen LogP contribution >= 0.6 is 37.2 Å². The lowest BCUT2D eigenvalue weighted by Crippen LogP contribution is -2.25. The van der Waals surface area contributed by atoms with E-state index in [9.17, 15) is 24.0 Å². The molecule has 1 aliphatic rings. The van der Waals surface area contributed by atoms with Crippen LogP contribution in [0.15, 0.2) is 48.5 Å². The second-order valence-electron chi connectivity index (χ2n) is 16.8. The van der Waals surface area contributed by atoms with E-state index < -0.39 is 0 Å². The van der Waals surface area contributed by atoms with Crippen LogP contribution in [-0.4, -0.2) is 80.1 Å². The predicted octanol–water partition coefficient (Wildman–Crippen LogP) is 8.46. The molecule has 0 aliphatic heterocycles. The summed E-state index contributed by atoms with van der Waals surface area (Å²) in [7, 11) is 0. The molecule has 10 N–H and O–H groups in total. The van der Waals surface area contributed by atoms with Crippen molar-refractivity contribution < 1.29 is 29.2 Å². The summed E-state index contributed by atoms with van der Waals surface area (Å²) >= 11 is 0. The molecule has 370 valence electrons. The zero-order chi connectivity index (χ0) is 44.5. The SMILES string of the molecule is Cl.Cl.Cl.N[C@@H]1C[C@H]1c1ccc(NC(=O)CCC(=O)NCCCCCCNCCCCCCCCNCCCCCCNC(=O)c2ccc(NC(=O)CCCCCCC(=O)NO)cc2)cc1. The van der Waals surface area contributed by atoms with E-state index in [0.717, 1.165) is 109 Å². The number of hydrogen-bond donors (Lipinski definition) is 9. The largest absolute Gasteiger partial charge is 0.356 e. The molecule has 0 bridgehead atoms. The highest BCUT2D eigenvalue weighted by atomic mass is 35.5. The standard InChI is InChI=1S/C48H78N8O6.3ClH/c49-43-37-42(43)38-21-25-40(26-22-38)55-46(59)30-29-44(57)52-35-17-9-7-15-33-50-31-13-5-1-2-6-14-32-51-34-16-8-10-18-36-53-48(61)39-23-27-41(28-24-39)54-45(58)19-11-3-4-12-20-47(60)56-62;;;/h21-28,42-43,50-51,62H,1-20,29-37,49H2,(H,52,57)(H,53,61)(H,54,58)(H,55,59)(H,56,60);3*1H/t42-,43+;;;/m0.../s1. The van der Waals surface area contributed by atoms with Gasteiger partial charge in [-0.3, -0.25) is 29.2 Å². The van der Waals surface area contributed by atoms with E-state index >= 15 is 0 Å². The Balaban J connectivity index is 0.0000137. The topological polar surface area (TPSA) is 216 Å². The summed E-state index contributed by atoms with van der Waals surface area (Å²) in [5, 5.41) is 27.3. The molecule has 17 heteroatoms. The van der Waals surface area contributed by atoms with Gasteiger partial charge in [0.15, 0.2) is 0 Å². The van der Waals surface area contributed by atoms with Gasteiger partial charge in [-0.25, -0.2) is 5.48 Å². The van der Waals surface area contributed by atoms with Crippen LogP contribution in [0.1, 0.15) is 170 Å². The highest BCUT2D eigenvalue weighted by Crippen LogP contribution is 2.39. The van der Waals surface area contributed by atoms with Crippen LogP contribution in [0.2, 0.25) is 0 Å². The van der Waals surface area contributed by atoms with Crippen LogP contribution in [0.25, 0.3) is 0 Å². The average molecular weight is 973 g/mol. The predicted molar refractivity (Wildman–Crippen MR) is 270 cm³/mol. The molecule has 2 aromatic rings. The molecule has 1 aliphatic carbocycles. The number of amides is 5. The summed E-state index contributed by atoms with van der Waals surface area (Å²) in [5.41, 5.74) is 10.7. The lowest BCUT2D eigenvalue weighted by molar-refractivity contribution is -0.129. The quantitative estimate of drug-likeness (QED) is 0.0180. The minimum absolute atomic E-state index is 0. The summed E-state index contributed by atoms with van der Waals surface area (Å²) in [5.74, 6) is -0.349. The Hall–Kier alpha value is -3.50. The maximum Gasteiger partial charge on any atom is 0.251 e. The third-order valence-corrected chi connectivity index (χ3v) is 11.3. The van der Waals surface area contributed by atoms with Crippen molar-refractivity contribution in [2.45, 2.75) is 160 Å². The Morgan fingerprint density at radius 3 is 1.29 bits per heavy atom. The highest BCUT2D eigenvalue weighted by molar-refractivity contribution is 5.96. The smallest absolute Gasteiger partial charge is 0.251 e. The minimum Gasteiger partial charge on any atom is -0.356 e. The van der Waals surface area contributed by atoms with Crippen molar-refractivity contribution in [1.29, 1.82) is 0 Å². The maximum atomic E-state index is 12.5. The Bertz CT molecular complexity index is 1580. The molecule has 0 unspecified atom stereocenters. The number of carbonyl (C=O) groups excluding carboxylic acids is 5. The number of carbonyl (C=O) groups is 5. The van der Waals surface area contributed by atoms with Gasteiger partial charge in [0, 0.05) is 67.7 Å². The third-order valence-electron chi connectivity index (χ3n) is 11.3. The van der Waals surface area contributed by atoms with Gasteiger partial charge in [-0.1, -0.05) is 76.3 Å². The van der Waals surface area contributed by atoms with E-state index in [4.69, 9.17) is 10.9 Å². The lowest BCUT2D eigenvalue weighted by atomic mass is 10.1. The molecule has 0 aromatic heterocycles. The fourth-order valence-electron chi connectivity index (χ4n) is 7.31. The average Bonchev–Trinajstić information content (AvgIpc) is 4.01. The number of unbranched alkanes of at least 4 members (excludes halogenated alkanes) is 14. The first kappa shape index (κ1) is 61.5. The third kappa shape index (κ3) is 31.2. The Morgan fingerprint density at radius 1 is 0.462 bits per heavy atom. The molecule has 0 saturated heterocycles. The van der Waals surface area contributed by atoms with Crippen molar-refractivity contribution >= 4 is 78.1 Å². The Labute approximate surface area is 407 Å². The number of hydrogen-bond acceptors (Lipinski definition) is 9. The van der Waals surface area contributed by atoms with Crippen LogP contribution in [0, 0.1) is 0 Å². The van der Waals surface area contributed by atoms with Crippen LogP contribution < -0.4 is 43.1 Å². The normalized spacial score (nSPS) is 13.6. The molecule has 0 heterocycles. The number of nitrogens with two attached hydrogens (primary N) is 1. The molecule has 1 saturated carbocycles. The second kappa shape index (κ2) is 39.6. The fourth-order valence-corrected chi connectivity index (χ4v) is 7.31. The molecule has 65 heavy (non-hydrogen) atoms. The van der Waals surface area contributed by atoms with E-state index in [1.54, 1.807) is 29.7 Å². The number of halogens is 3. The molecule has 5 amide bonds. The first-order valence-electron chi connectivity index (χ1n) is 23.7. The molecule has 0 spiro atoms. The van der Waals surface area contributed by atoms with Crippen molar-refractivity contribution in [1.82, 2.24) is 26.7 Å². The van der Waals surface area contributed by atoms with Crippen molar-refractivity contribution in [3.8, 4) is 0 Å². The summed E-state index contributed by atoms with van der Waals surface area (Å²) in [6.07, 6.45) is 21.4. The number of anilines is 2. The number of nitrogens with one attached hydrogen (secondary N) is 7. The van der Waals surface area contributed by atoms with Gasteiger partial charge >= 0.3 is 0 Å². The zero-order valence-corrected chi connectivity index (χ0v) is 41.0. The lowest BCUT2D eigenvalue weighted by Gasteiger charge is -2.08. The van der Waals surface area contributed by atoms with Gasteiger partial charge in [0.05, 0.1) is 0 Å². The first-order valence-corrected chi connectivity index (χ1v) is 23.7. The van der Waals surface area contributed by atoms with Gasteiger partial charge in [-0.15, -0.1) is 37.2 Å². The second-order valence-corrected chi connectivity index (χ2v) is 16.8. The van der Waals surface area contributed by atoms with Crippen molar-refractivity contribution in [3.05, 3.63) is 59.7 Å². The molecule has 2 aromatic carbocycles. The van der Waals surface area contributed by atoms with E-state index in [1.807, 2.05) is 24.3 Å². The Morgan fingerprint density at radius 2 is 0.831 bits per heavy atom. The number of benzene rings is 2. The highest BCUT2D eigenvalue weighted by Gasteiger charge is 2.34. The van der Waals surface area contributed by atoms with Gasteiger partial charge in [0.2, 0.25) is 23.6 Å². The maximum absolute atomic E-state index is 12.5. The van der Waals surface area contributed by atoms with Crippen molar-refractivity contribution in [2.24, 2.45) is 5.73 Å². The van der Waals surface area contributed by atoms with E-state index in [1.165, 1.54) is 44.1 Å². The Kier molecular flexibility index (Phi) is 37.5. The minimum atomic E-state index is -0.390. The van der Waals surface area contributed by atoms with Crippen LogP contribution in [-0.2, 0) is 19.2 Å². The van der Waals surface area contributed by atoms with E-state index in [0.29, 0.717) is 43.1 Å². The molecule has 0 radical (unpaired) electrons. The zero-order valence-electron chi connectivity index (χ0n) is 38.6. The molecule has 1 fully saturated rings. The van der Waals surface area contributed by atoms with E-state index in [2.05, 4.69) is 31.9 Å². The molecular formula is C48H81Cl3N8O6. The summed E-state index contributed by atoms with van der Waals surface area (Å²) in [4.78, 5) is 60.0. The van der Waals surface area contributed by atoms with Crippen LogP contribution in [0.3, 0.4) is 0 Å². The van der Waals surface area contributed by atoms with E-state index in [-0.39, 0.29) is 92.1 Å². The van der Waals surface area contributed by atoms with Crippen molar-refractivity contribution in [3.63, 3.8) is 0 Å².